The van der Waals surface area contributed by atoms with Crippen LogP contribution in [-0.2, 0) is 11.3 Å². The Balaban J connectivity index is 1.74. The Morgan fingerprint density at radius 1 is 1.15 bits per heavy atom. The van der Waals surface area contributed by atoms with Gasteiger partial charge < -0.3 is 5.11 Å². The molecular weight excluding hydrogens is 250 g/mol. The number of carboxylic acid groups (broad SMARTS) is 1. The van der Waals surface area contributed by atoms with Crippen LogP contribution in [0.25, 0.3) is 10.8 Å². The second kappa shape index (κ2) is 5.63. The summed E-state index contributed by atoms with van der Waals surface area (Å²) in [5.41, 5.74) is 1.26. The topological polar surface area (TPSA) is 40.5 Å². The van der Waals surface area contributed by atoms with Gasteiger partial charge in [0.1, 0.15) is 0 Å². The summed E-state index contributed by atoms with van der Waals surface area (Å²) in [7, 11) is 0. The minimum atomic E-state index is -0.714. The van der Waals surface area contributed by atoms with Gasteiger partial charge in [-0.2, -0.15) is 0 Å². The van der Waals surface area contributed by atoms with E-state index < -0.39 is 5.97 Å². The maximum Gasteiger partial charge on any atom is 0.304 e. The lowest BCUT2D eigenvalue weighted by molar-refractivity contribution is -0.137. The fourth-order valence-electron chi connectivity index (χ4n) is 2.64. The van der Waals surface area contributed by atoms with Gasteiger partial charge in [-0.15, -0.1) is 0 Å². The summed E-state index contributed by atoms with van der Waals surface area (Å²) in [5.74, 6) is -0.714. The van der Waals surface area contributed by atoms with E-state index in [9.17, 15) is 4.79 Å². The second-order valence-corrected chi connectivity index (χ2v) is 5.53. The molecule has 0 atom stereocenters. The van der Waals surface area contributed by atoms with Crippen LogP contribution >= 0.6 is 0 Å². The zero-order valence-corrected chi connectivity index (χ0v) is 11.5. The second-order valence-electron chi connectivity index (χ2n) is 5.53. The van der Waals surface area contributed by atoms with Gasteiger partial charge in [-0.05, 0) is 35.2 Å². The number of hydrogen-bond acceptors (Lipinski definition) is 2. The summed E-state index contributed by atoms with van der Waals surface area (Å²) >= 11 is 0. The number of nitrogens with zero attached hydrogens (tertiary/aromatic N) is 1. The van der Waals surface area contributed by atoms with Crippen molar-refractivity contribution in [3.63, 3.8) is 0 Å². The molecule has 0 spiro atoms. The van der Waals surface area contributed by atoms with E-state index in [0.29, 0.717) is 12.6 Å². The van der Waals surface area contributed by atoms with E-state index in [-0.39, 0.29) is 6.42 Å². The van der Waals surface area contributed by atoms with Gasteiger partial charge in [-0.25, -0.2) is 0 Å². The molecule has 2 aromatic rings. The smallest absolute Gasteiger partial charge is 0.304 e. The standard InChI is InChI=1S/C17H19NO2/c19-17(20)9-10-18(16-7-8-16)12-13-5-6-14-3-1-2-4-15(14)11-13/h1-6,11,16H,7-10,12H2,(H,19,20). The highest BCUT2D eigenvalue weighted by atomic mass is 16.4. The molecular formula is C17H19NO2. The molecule has 3 nitrogen and oxygen atoms in total. The number of rotatable bonds is 6. The van der Waals surface area contributed by atoms with Crippen LogP contribution in [0.15, 0.2) is 42.5 Å². The Hall–Kier alpha value is -1.87. The van der Waals surface area contributed by atoms with Crippen LogP contribution in [0.5, 0.6) is 0 Å². The molecule has 0 aliphatic heterocycles. The number of aliphatic carboxylic acids is 1. The highest BCUT2D eigenvalue weighted by Gasteiger charge is 2.28. The first-order valence-corrected chi connectivity index (χ1v) is 7.16. The van der Waals surface area contributed by atoms with E-state index in [1.54, 1.807) is 0 Å². The van der Waals surface area contributed by atoms with Crippen molar-refractivity contribution in [3.8, 4) is 0 Å². The minimum absolute atomic E-state index is 0.226. The Bertz CT molecular complexity index is 619. The van der Waals surface area contributed by atoms with E-state index in [2.05, 4.69) is 41.3 Å². The summed E-state index contributed by atoms with van der Waals surface area (Å²) in [6, 6.07) is 15.4. The number of benzene rings is 2. The lowest BCUT2D eigenvalue weighted by Gasteiger charge is -2.21. The summed E-state index contributed by atoms with van der Waals surface area (Å²) in [6.07, 6.45) is 2.63. The molecule has 1 aliphatic rings. The van der Waals surface area contributed by atoms with Crippen molar-refractivity contribution in [1.29, 1.82) is 0 Å². The largest absolute Gasteiger partial charge is 0.481 e. The Labute approximate surface area is 118 Å². The highest BCUT2D eigenvalue weighted by Crippen LogP contribution is 2.29. The zero-order chi connectivity index (χ0) is 13.9. The first kappa shape index (κ1) is 13.1. The molecule has 3 rings (SSSR count). The van der Waals surface area contributed by atoms with Crippen LogP contribution in [0.2, 0.25) is 0 Å². The van der Waals surface area contributed by atoms with Crippen LogP contribution in [0, 0.1) is 0 Å². The predicted molar refractivity (Wildman–Crippen MR) is 79.6 cm³/mol. The van der Waals surface area contributed by atoms with Gasteiger partial charge >= 0.3 is 5.97 Å². The summed E-state index contributed by atoms with van der Waals surface area (Å²) in [5, 5.41) is 11.3. The van der Waals surface area contributed by atoms with Crippen LogP contribution in [0.1, 0.15) is 24.8 Å². The first-order chi connectivity index (χ1) is 9.72. The van der Waals surface area contributed by atoms with Gasteiger partial charge in [0.05, 0.1) is 6.42 Å². The molecule has 1 aliphatic carbocycles. The van der Waals surface area contributed by atoms with E-state index in [1.165, 1.54) is 29.2 Å². The quantitative estimate of drug-likeness (QED) is 0.875. The van der Waals surface area contributed by atoms with E-state index in [4.69, 9.17) is 5.11 Å². The molecule has 1 N–H and O–H groups in total. The average Bonchev–Trinajstić information content (AvgIpc) is 3.27. The summed E-state index contributed by atoms with van der Waals surface area (Å²) in [4.78, 5) is 13.1. The minimum Gasteiger partial charge on any atom is -0.481 e. The maximum atomic E-state index is 10.7. The molecule has 1 fully saturated rings. The molecule has 0 unspecified atom stereocenters. The molecule has 0 bridgehead atoms. The van der Waals surface area contributed by atoms with Crippen molar-refractivity contribution in [1.82, 2.24) is 4.90 Å². The van der Waals surface area contributed by atoms with Gasteiger partial charge in [0.2, 0.25) is 0 Å². The molecule has 104 valence electrons. The van der Waals surface area contributed by atoms with Crippen molar-refractivity contribution in [2.24, 2.45) is 0 Å². The normalized spacial score (nSPS) is 14.8. The fraction of sp³-hybridized carbons (Fsp3) is 0.353. The zero-order valence-electron chi connectivity index (χ0n) is 11.5. The van der Waals surface area contributed by atoms with Crippen molar-refractivity contribution in [2.45, 2.75) is 31.8 Å². The Morgan fingerprint density at radius 2 is 1.90 bits per heavy atom. The molecule has 20 heavy (non-hydrogen) atoms. The SMILES string of the molecule is O=C(O)CCN(Cc1ccc2ccccc2c1)C1CC1. The number of carboxylic acids is 1. The van der Waals surface area contributed by atoms with Crippen LogP contribution in [0.3, 0.4) is 0 Å². The molecule has 0 radical (unpaired) electrons. The third-order valence-electron chi connectivity index (χ3n) is 3.88. The van der Waals surface area contributed by atoms with Crippen molar-refractivity contribution >= 4 is 16.7 Å². The number of fused-ring (bicyclic) bond motifs is 1. The molecule has 0 amide bonds. The number of hydrogen-bond donors (Lipinski definition) is 1. The molecule has 3 heteroatoms. The van der Waals surface area contributed by atoms with E-state index in [0.717, 1.165) is 6.54 Å². The van der Waals surface area contributed by atoms with Crippen LogP contribution in [0.4, 0.5) is 0 Å². The highest BCUT2D eigenvalue weighted by molar-refractivity contribution is 5.82. The van der Waals surface area contributed by atoms with Gasteiger partial charge in [-0.3, -0.25) is 9.69 Å². The lowest BCUT2D eigenvalue weighted by atomic mass is 10.1. The predicted octanol–water partition coefficient (Wildman–Crippen LogP) is 3.28. The molecule has 1 saturated carbocycles. The van der Waals surface area contributed by atoms with Crippen molar-refractivity contribution < 1.29 is 9.90 Å². The molecule has 0 aromatic heterocycles. The van der Waals surface area contributed by atoms with Gasteiger partial charge in [0.25, 0.3) is 0 Å². The number of carbonyl (C=O) groups is 1. The third kappa shape index (κ3) is 3.17. The van der Waals surface area contributed by atoms with Crippen molar-refractivity contribution in [2.75, 3.05) is 6.54 Å². The van der Waals surface area contributed by atoms with E-state index >= 15 is 0 Å². The molecule has 2 aromatic carbocycles. The maximum absolute atomic E-state index is 10.7. The van der Waals surface area contributed by atoms with Gasteiger partial charge in [0, 0.05) is 19.1 Å². The molecule has 0 heterocycles. The van der Waals surface area contributed by atoms with Crippen molar-refractivity contribution in [3.05, 3.63) is 48.0 Å². The Kier molecular flexibility index (Phi) is 3.70. The summed E-state index contributed by atoms with van der Waals surface area (Å²) in [6.45, 7) is 1.50. The lowest BCUT2D eigenvalue weighted by Crippen LogP contribution is -2.28. The Morgan fingerprint density at radius 3 is 2.60 bits per heavy atom. The third-order valence-corrected chi connectivity index (χ3v) is 3.88. The molecule has 0 saturated heterocycles. The fourth-order valence-corrected chi connectivity index (χ4v) is 2.64. The van der Waals surface area contributed by atoms with Gasteiger partial charge in [0.15, 0.2) is 0 Å². The van der Waals surface area contributed by atoms with Crippen LogP contribution in [-0.4, -0.2) is 28.6 Å². The average molecular weight is 269 g/mol. The summed E-state index contributed by atoms with van der Waals surface area (Å²) < 4.78 is 0. The van der Waals surface area contributed by atoms with E-state index in [1.807, 2.05) is 6.07 Å². The first-order valence-electron chi connectivity index (χ1n) is 7.16. The monoisotopic (exact) mass is 269 g/mol. The van der Waals surface area contributed by atoms with Gasteiger partial charge in [-0.1, -0.05) is 36.4 Å². The van der Waals surface area contributed by atoms with Crippen LogP contribution < -0.4 is 0 Å².